The van der Waals surface area contributed by atoms with Crippen LogP contribution in [0.1, 0.15) is 48.0 Å². The Labute approximate surface area is 224 Å². The lowest BCUT2D eigenvalue weighted by atomic mass is 10.0. The molecule has 1 N–H and O–H groups in total. The van der Waals surface area contributed by atoms with Crippen LogP contribution in [0.25, 0.3) is 10.9 Å². The number of thiophene rings is 1. The van der Waals surface area contributed by atoms with Crippen molar-refractivity contribution in [1.29, 1.82) is 0 Å². The molecule has 6 rings (SSSR count). The van der Waals surface area contributed by atoms with Crippen molar-refractivity contribution < 1.29 is 14.2 Å². The lowest BCUT2D eigenvalue weighted by molar-refractivity contribution is 0.0559. The molecule has 3 atom stereocenters. The lowest BCUT2D eigenvalue weighted by Gasteiger charge is -2.32. The molecule has 2 aliphatic rings. The van der Waals surface area contributed by atoms with Crippen molar-refractivity contribution in [3.05, 3.63) is 68.4 Å². The van der Waals surface area contributed by atoms with Gasteiger partial charge in [-0.25, -0.2) is 4.68 Å². The molecule has 0 amide bonds. The Morgan fingerprint density at radius 1 is 1.18 bits per heavy atom. The van der Waals surface area contributed by atoms with Gasteiger partial charge >= 0.3 is 0 Å². The quantitative estimate of drug-likeness (QED) is 0.328. The van der Waals surface area contributed by atoms with Gasteiger partial charge < -0.3 is 19.2 Å². The zero-order valence-electron chi connectivity index (χ0n) is 21.4. The molecular weight excluding hydrogens is 504 g/mol. The van der Waals surface area contributed by atoms with Crippen molar-refractivity contribution >= 4 is 22.2 Å². The molecule has 0 spiro atoms. The number of methoxy groups -OCH3 is 1. The summed E-state index contributed by atoms with van der Waals surface area (Å²) in [5, 5.41) is 15.9. The largest absolute Gasteiger partial charge is 0.497 e. The number of tetrazole rings is 1. The van der Waals surface area contributed by atoms with Gasteiger partial charge in [0, 0.05) is 47.6 Å². The van der Waals surface area contributed by atoms with Crippen LogP contribution in [-0.2, 0) is 22.6 Å². The van der Waals surface area contributed by atoms with Crippen LogP contribution in [-0.4, -0.2) is 69.2 Å². The average Bonchev–Trinajstić information content (AvgIpc) is 3.74. The number of rotatable bonds is 10. The summed E-state index contributed by atoms with van der Waals surface area (Å²) in [6.45, 7) is 3.36. The Hall–Kier alpha value is -3.12. The topological polar surface area (TPSA) is 107 Å². The minimum Gasteiger partial charge on any atom is -0.497 e. The fraction of sp³-hybridized carbons (Fsp3) is 0.481. The zero-order valence-corrected chi connectivity index (χ0v) is 22.2. The number of pyridine rings is 1. The van der Waals surface area contributed by atoms with Gasteiger partial charge in [-0.05, 0) is 71.8 Å². The van der Waals surface area contributed by atoms with Gasteiger partial charge in [-0.15, -0.1) is 16.4 Å². The van der Waals surface area contributed by atoms with Gasteiger partial charge in [0.15, 0.2) is 5.82 Å². The predicted molar refractivity (Wildman–Crippen MR) is 143 cm³/mol. The molecular formula is C27H32N6O4S. The Balaban J connectivity index is 1.47. The van der Waals surface area contributed by atoms with Crippen LogP contribution < -0.4 is 10.3 Å². The number of nitrogens with zero attached hydrogens (tertiary/aromatic N) is 5. The maximum atomic E-state index is 13.7. The lowest BCUT2D eigenvalue weighted by Crippen LogP contribution is -2.39. The van der Waals surface area contributed by atoms with Crippen LogP contribution in [0, 0.1) is 0 Å². The molecule has 5 heterocycles. The number of hydrogen-bond acceptors (Lipinski definition) is 9. The number of aromatic nitrogens is 5. The van der Waals surface area contributed by atoms with Gasteiger partial charge in [-0.2, -0.15) is 0 Å². The van der Waals surface area contributed by atoms with E-state index >= 15 is 0 Å². The summed E-state index contributed by atoms with van der Waals surface area (Å²) in [6.07, 6.45) is 4.16. The smallest absolute Gasteiger partial charge is 0.253 e. The molecule has 0 bridgehead atoms. The van der Waals surface area contributed by atoms with E-state index in [0.717, 1.165) is 55.5 Å². The van der Waals surface area contributed by atoms with Gasteiger partial charge in [0.1, 0.15) is 11.8 Å². The van der Waals surface area contributed by atoms with Gasteiger partial charge in [-0.1, -0.05) is 6.07 Å². The van der Waals surface area contributed by atoms with Crippen molar-refractivity contribution in [2.24, 2.45) is 0 Å². The minimum absolute atomic E-state index is 0.0564. The van der Waals surface area contributed by atoms with Crippen LogP contribution in [0.3, 0.4) is 0 Å². The van der Waals surface area contributed by atoms with Crippen molar-refractivity contribution in [2.75, 3.05) is 26.9 Å². The van der Waals surface area contributed by atoms with E-state index in [0.29, 0.717) is 31.0 Å². The summed E-state index contributed by atoms with van der Waals surface area (Å²) in [4.78, 5) is 20.2. The standard InChI is InChI=1S/C27H32N6O4S/c1-35-19-8-9-24-18(13-19)14-23(27(34)28-24)25(26-29-30-31-33(26)16-21-6-3-11-37-21)32(15-20-5-2-10-36-20)17-22-7-4-12-38-22/h4,7-9,12-14,20-21,25H,2-3,5-6,10-11,15-17H2,1H3,(H,28,34)/t20-,21+,25+/m0/s1. The third kappa shape index (κ3) is 5.37. The molecule has 200 valence electrons. The summed E-state index contributed by atoms with van der Waals surface area (Å²) in [5.41, 5.74) is 1.17. The molecule has 2 fully saturated rings. The molecule has 0 saturated carbocycles. The zero-order chi connectivity index (χ0) is 25.9. The van der Waals surface area contributed by atoms with Crippen LogP contribution in [0.5, 0.6) is 5.75 Å². The van der Waals surface area contributed by atoms with E-state index in [1.165, 1.54) is 4.88 Å². The SMILES string of the molecule is COc1ccc2[nH]c(=O)c([C@H](c3nnnn3C[C@H]3CCCO3)N(Cc3cccs3)C[C@@H]3CCCO3)cc2c1. The number of fused-ring (bicyclic) bond motifs is 1. The molecule has 0 unspecified atom stereocenters. The number of H-pyrrole nitrogens is 1. The van der Waals surface area contributed by atoms with Crippen LogP contribution >= 0.6 is 11.3 Å². The highest BCUT2D eigenvalue weighted by molar-refractivity contribution is 7.09. The van der Waals surface area contributed by atoms with E-state index < -0.39 is 6.04 Å². The van der Waals surface area contributed by atoms with Crippen molar-refractivity contribution in [3.63, 3.8) is 0 Å². The Morgan fingerprint density at radius 3 is 2.76 bits per heavy atom. The summed E-state index contributed by atoms with van der Waals surface area (Å²) >= 11 is 1.70. The van der Waals surface area contributed by atoms with E-state index in [2.05, 4.69) is 42.9 Å². The highest BCUT2D eigenvalue weighted by Gasteiger charge is 2.34. The fourth-order valence-corrected chi connectivity index (χ4v) is 6.19. The average molecular weight is 537 g/mol. The summed E-state index contributed by atoms with van der Waals surface area (Å²) < 4.78 is 19.2. The number of hydrogen-bond donors (Lipinski definition) is 1. The van der Waals surface area contributed by atoms with Crippen LogP contribution in [0.15, 0.2) is 46.6 Å². The maximum absolute atomic E-state index is 13.7. The third-order valence-electron chi connectivity index (χ3n) is 7.35. The fourth-order valence-electron chi connectivity index (χ4n) is 5.46. The Kier molecular flexibility index (Phi) is 7.50. The number of aromatic amines is 1. The van der Waals surface area contributed by atoms with Crippen molar-refractivity contribution in [1.82, 2.24) is 30.1 Å². The van der Waals surface area contributed by atoms with E-state index in [4.69, 9.17) is 14.2 Å². The molecule has 0 radical (unpaired) electrons. The second kappa shape index (κ2) is 11.3. The predicted octanol–water partition coefficient (Wildman–Crippen LogP) is 3.53. The second-order valence-corrected chi connectivity index (χ2v) is 10.9. The van der Waals surface area contributed by atoms with E-state index in [-0.39, 0.29) is 17.8 Å². The number of nitrogens with one attached hydrogen (secondary N) is 1. The van der Waals surface area contributed by atoms with Crippen LogP contribution in [0.4, 0.5) is 0 Å². The highest BCUT2D eigenvalue weighted by Crippen LogP contribution is 2.32. The molecule has 3 aromatic heterocycles. The number of benzene rings is 1. The molecule has 0 aliphatic carbocycles. The van der Waals surface area contributed by atoms with Gasteiger partial charge in [0.25, 0.3) is 5.56 Å². The molecule has 2 saturated heterocycles. The van der Waals surface area contributed by atoms with E-state index in [1.54, 1.807) is 18.4 Å². The molecule has 10 nitrogen and oxygen atoms in total. The monoisotopic (exact) mass is 536 g/mol. The minimum atomic E-state index is -0.489. The Morgan fingerprint density at radius 2 is 2.03 bits per heavy atom. The third-order valence-corrected chi connectivity index (χ3v) is 8.21. The normalized spacial score (nSPS) is 20.5. The molecule has 2 aliphatic heterocycles. The second-order valence-electron chi connectivity index (χ2n) is 9.91. The summed E-state index contributed by atoms with van der Waals surface area (Å²) in [5.74, 6) is 1.35. The first-order valence-corrected chi connectivity index (χ1v) is 14.0. The molecule has 1 aromatic carbocycles. The van der Waals surface area contributed by atoms with Crippen molar-refractivity contribution in [2.45, 2.75) is 57.0 Å². The highest BCUT2D eigenvalue weighted by atomic mass is 32.1. The van der Waals surface area contributed by atoms with Gasteiger partial charge in [0.05, 0.1) is 25.9 Å². The number of ether oxygens (including phenoxy) is 3. The van der Waals surface area contributed by atoms with Gasteiger partial charge in [-0.3, -0.25) is 9.69 Å². The molecule has 4 aromatic rings. The van der Waals surface area contributed by atoms with Gasteiger partial charge in [0.2, 0.25) is 0 Å². The maximum Gasteiger partial charge on any atom is 0.253 e. The first-order valence-electron chi connectivity index (χ1n) is 13.1. The first kappa shape index (κ1) is 25.2. The molecule has 11 heteroatoms. The Bertz CT molecular complexity index is 1410. The van der Waals surface area contributed by atoms with E-state index in [1.807, 2.05) is 28.9 Å². The summed E-state index contributed by atoms with van der Waals surface area (Å²) in [7, 11) is 1.64. The van der Waals surface area contributed by atoms with Crippen molar-refractivity contribution in [3.8, 4) is 5.75 Å². The summed E-state index contributed by atoms with van der Waals surface area (Å²) in [6, 6.07) is 11.3. The molecule has 38 heavy (non-hydrogen) atoms. The van der Waals surface area contributed by atoms with E-state index in [9.17, 15) is 4.79 Å². The first-order chi connectivity index (χ1) is 18.7. The van der Waals surface area contributed by atoms with Crippen LogP contribution in [0.2, 0.25) is 0 Å².